The van der Waals surface area contributed by atoms with Crippen molar-refractivity contribution < 1.29 is 13.2 Å². The van der Waals surface area contributed by atoms with Crippen LogP contribution in [0.2, 0.25) is 0 Å². The van der Waals surface area contributed by atoms with Crippen LogP contribution in [0.15, 0.2) is 29.6 Å². The number of aromatic nitrogens is 1. The minimum atomic E-state index is -4.51. The zero-order valence-corrected chi connectivity index (χ0v) is 12.6. The largest absolute Gasteiger partial charge is 0.433 e. The van der Waals surface area contributed by atoms with Gasteiger partial charge in [0.05, 0.1) is 12.1 Å². The number of hydrogen-bond donors (Lipinski definition) is 1. The van der Waals surface area contributed by atoms with Crippen molar-refractivity contribution in [3.8, 4) is 0 Å². The molecule has 2 aromatic rings. The summed E-state index contributed by atoms with van der Waals surface area (Å²) >= 11 is 6.40. The molecule has 2 aromatic heterocycles. The summed E-state index contributed by atoms with van der Waals surface area (Å²) in [4.78, 5) is 6.31. The maximum Gasteiger partial charge on any atom is 0.433 e. The summed E-state index contributed by atoms with van der Waals surface area (Å²) in [6.07, 6.45) is -4.51. The summed E-state index contributed by atoms with van der Waals surface area (Å²) in [5.74, 6) is 0.130. The fourth-order valence-corrected chi connectivity index (χ4v) is 2.72. The van der Waals surface area contributed by atoms with E-state index in [1.807, 2.05) is 17.5 Å². The molecule has 0 aliphatic carbocycles. The zero-order valence-electron chi connectivity index (χ0n) is 11.0. The van der Waals surface area contributed by atoms with Crippen LogP contribution in [-0.2, 0) is 12.7 Å². The highest BCUT2D eigenvalue weighted by atomic mass is 32.1. The van der Waals surface area contributed by atoms with Gasteiger partial charge in [0.15, 0.2) is 0 Å². The Labute approximate surface area is 129 Å². The molecule has 0 aliphatic heterocycles. The highest BCUT2D eigenvalue weighted by Gasteiger charge is 2.33. The van der Waals surface area contributed by atoms with Gasteiger partial charge in [0.25, 0.3) is 0 Å². The van der Waals surface area contributed by atoms with Crippen molar-refractivity contribution in [2.45, 2.75) is 12.7 Å². The Bertz CT molecular complexity index is 639. The van der Waals surface area contributed by atoms with Crippen molar-refractivity contribution >= 4 is 34.4 Å². The lowest BCUT2D eigenvalue weighted by molar-refractivity contribution is -0.141. The number of rotatable bonds is 4. The van der Waals surface area contributed by atoms with Crippen molar-refractivity contribution in [1.29, 1.82) is 0 Å². The number of pyridine rings is 1. The minimum absolute atomic E-state index is 0.0178. The molecule has 0 spiro atoms. The smallest absolute Gasteiger partial charge is 0.389 e. The second-order valence-corrected chi connectivity index (χ2v) is 5.84. The highest BCUT2D eigenvalue weighted by molar-refractivity contribution is 7.80. The van der Waals surface area contributed by atoms with Crippen molar-refractivity contribution in [1.82, 2.24) is 4.98 Å². The molecule has 0 bridgehead atoms. The van der Waals surface area contributed by atoms with E-state index in [0.717, 1.165) is 10.9 Å². The van der Waals surface area contributed by atoms with E-state index in [2.05, 4.69) is 4.98 Å². The first kappa shape index (κ1) is 15.7. The molecule has 0 radical (unpaired) electrons. The first-order chi connectivity index (χ1) is 9.79. The molecular formula is C13H12F3N3S2. The standard InChI is InChI=1S/C13H12F3N3S2/c1-19(7-8-3-2-6-21-8)12-9(11(17)20)4-5-10(18-12)13(14,15)16/h2-6H,7H2,1H3,(H2,17,20). The predicted octanol–water partition coefficient (Wildman–Crippen LogP) is 3.43. The molecule has 8 heteroatoms. The van der Waals surface area contributed by atoms with Crippen LogP contribution in [0.3, 0.4) is 0 Å². The zero-order chi connectivity index (χ0) is 15.6. The van der Waals surface area contributed by atoms with Crippen molar-refractivity contribution in [3.63, 3.8) is 0 Å². The number of hydrogen-bond acceptors (Lipinski definition) is 4. The van der Waals surface area contributed by atoms with Crippen LogP contribution in [0.5, 0.6) is 0 Å². The minimum Gasteiger partial charge on any atom is -0.389 e. The number of nitrogens with zero attached hydrogens (tertiary/aromatic N) is 2. The molecule has 21 heavy (non-hydrogen) atoms. The van der Waals surface area contributed by atoms with Crippen molar-refractivity contribution in [2.24, 2.45) is 5.73 Å². The van der Waals surface area contributed by atoms with E-state index >= 15 is 0 Å². The van der Waals surface area contributed by atoms with Gasteiger partial charge in [-0.05, 0) is 23.6 Å². The lowest BCUT2D eigenvalue weighted by Crippen LogP contribution is -2.24. The van der Waals surface area contributed by atoms with Gasteiger partial charge in [0.1, 0.15) is 16.5 Å². The summed E-state index contributed by atoms with van der Waals surface area (Å²) in [6.45, 7) is 0.432. The number of anilines is 1. The van der Waals surface area contributed by atoms with Gasteiger partial charge in [-0.3, -0.25) is 0 Å². The van der Waals surface area contributed by atoms with Crippen LogP contribution in [0, 0.1) is 0 Å². The van der Waals surface area contributed by atoms with E-state index in [1.54, 1.807) is 11.9 Å². The van der Waals surface area contributed by atoms with Gasteiger partial charge >= 0.3 is 6.18 Å². The molecular weight excluding hydrogens is 319 g/mol. The van der Waals surface area contributed by atoms with Gasteiger partial charge in [0, 0.05) is 11.9 Å². The summed E-state index contributed by atoms with van der Waals surface area (Å²) in [5, 5.41) is 1.90. The van der Waals surface area contributed by atoms with Crippen LogP contribution in [-0.4, -0.2) is 17.0 Å². The molecule has 0 saturated carbocycles. The first-order valence-electron chi connectivity index (χ1n) is 5.90. The number of thiophene rings is 1. The van der Waals surface area contributed by atoms with Gasteiger partial charge in [-0.15, -0.1) is 11.3 Å². The van der Waals surface area contributed by atoms with Gasteiger partial charge in [-0.1, -0.05) is 18.3 Å². The second-order valence-electron chi connectivity index (χ2n) is 4.37. The fraction of sp³-hybridized carbons (Fsp3) is 0.231. The van der Waals surface area contributed by atoms with Crippen LogP contribution < -0.4 is 10.6 Å². The Kier molecular flexibility index (Phi) is 4.48. The Morgan fingerprint density at radius 1 is 1.38 bits per heavy atom. The Morgan fingerprint density at radius 3 is 2.62 bits per heavy atom. The Morgan fingerprint density at radius 2 is 2.10 bits per heavy atom. The molecule has 2 heterocycles. The summed E-state index contributed by atoms with van der Waals surface area (Å²) in [5.41, 5.74) is 4.94. The molecule has 0 atom stereocenters. The Hall–Kier alpha value is -1.67. The summed E-state index contributed by atoms with van der Waals surface area (Å²) < 4.78 is 38.4. The quantitative estimate of drug-likeness (QED) is 0.872. The fourth-order valence-electron chi connectivity index (χ4n) is 1.80. The van der Waals surface area contributed by atoms with E-state index in [1.165, 1.54) is 17.4 Å². The third kappa shape index (κ3) is 3.70. The molecule has 0 aliphatic rings. The van der Waals surface area contributed by atoms with E-state index in [4.69, 9.17) is 18.0 Å². The number of thiocarbonyl (C=S) groups is 1. The van der Waals surface area contributed by atoms with Gasteiger partial charge in [0.2, 0.25) is 0 Å². The molecule has 2 N–H and O–H groups in total. The second kappa shape index (κ2) is 5.98. The average Bonchev–Trinajstić information content (AvgIpc) is 2.89. The van der Waals surface area contributed by atoms with Gasteiger partial charge in [-0.2, -0.15) is 13.2 Å². The number of halogens is 3. The third-order valence-electron chi connectivity index (χ3n) is 2.77. The lowest BCUT2D eigenvalue weighted by Gasteiger charge is -2.21. The third-order valence-corrected chi connectivity index (χ3v) is 3.85. The van der Waals surface area contributed by atoms with Crippen molar-refractivity contribution in [3.05, 3.63) is 45.8 Å². The highest BCUT2D eigenvalue weighted by Crippen LogP contribution is 2.31. The van der Waals surface area contributed by atoms with Crippen LogP contribution >= 0.6 is 23.6 Å². The van der Waals surface area contributed by atoms with Crippen LogP contribution in [0.1, 0.15) is 16.1 Å². The molecule has 0 unspecified atom stereocenters. The SMILES string of the molecule is CN(Cc1cccs1)c1nc(C(F)(F)F)ccc1C(N)=S. The molecule has 3 nitrogen and oxygen atoms in total. The monoisotopic (exact) mass is 331 g/mol. The molecule has 0 fully saturated rings. The molecule has 0 amide bonds. The van der Waals surface area contributed by atoms with Crippen LogP contribution in [0.25, 0.3) is 0 Å². The maximum atomic E-state index is 12.8. The van der Waals surface area contributed by atoms with Crippen LogP contribution in [0.4, 0.5) is 19.0 Å². The predicted molar refractivity (Wildman–Crippen MR) is 81.6 cm³/mol. The van der Waals surface area contributed by atoms with E-state index in [9.17, 15) is 13.2 Å². The summed E-state index contributed by atoms with van der Waals surface area (Å²) in [6, 6.07) is 5.92. The molecule has 2 rings (SSSR count). The lowest BCUT2D eigenvalue weighted by atomic mass is 10.2. The van der Waals surface area contributed by atoms with Crippen molar-refractivity contribution in [2.75, 3.05) is 11.9 Å². The number of alkyl halides is 3. The van der Waals surface area contributed by atoms with E-state index in [0.29, 0.717) is 12.1 Å². The first-order valence-corrected chi connectivity index (χ1v) is 7.19. The normalized spacial score (nSPS) is 11.4. The molecule has 0 saturated heterocycles. The van der Waals surface area contributed by atoms with Gasteiger partial charge < -0.3 is 10.6 Å². The molecule has 0 aromatic carbocycles. The summed E-state index contributed by atoms with van der Waals surface area (Å²) in [7, 11) is 1.66. The average molecular weight is 331 g/mol. The topological polar surface area (TPSA) is 42.2 Å². The molecule has 112 valence electrons. The maximum absolute atomic E-state index is 12.8. The Balaban J connectivity index is 2.40. The van der Waals surface area contributed by atoms with E-state index < -0.39 is 11.9 Å². The number of nitrogens with two attached hydrogens (primary N) is 1. The van der Waals surface area contributed by atoms with Gasteiger partial charge in [-0.25, -0.2) is 4.98 Å². The van der Waals surface area contributed by atoms with E-state index in [-0.39, 0.29) is 10.8 Å².